The Balaban J connectivity index is 1.48. The van der Waals surface area contributed by atoms with E-state index in [1.54, 1.807) is 11.0 Å². The third kappa shape index (κ3) is 5.11. The maximum Gasteiger partial charge on any atom is 0.417 e. The number of carbonyl (C=O) groups excluding carboxylic acids is 2. The molecule has 35 heavy (non-hydrogen) atoms. The second-order valence-corrected chi connectivity index (χ2v) is 9.64. The Hall–Kier alpha value is -3.54. The van der Waals surface area contributed by atoms with E-state index >= 15 is 0 Å². The molecule has 0 radical (unpaired) electrons. The van der Waals surface area contributed by atoms with Crippen molar-refractivity contribution in [2.24, 2.45) is 11.1 Å². The van der Waals surface area contributed by atoms with E-state index in [9.17, 15) is 22.8 Å². The molecule has 2 saturated heterocycles. The standard InChI is InChI=1S/C26H27F3N4O2/c1-17-3-2-4-18(11-17)12-23(34)33-16-25(14-22(33)24(31)35)7-9-32(10-8-25)20-6-5-19(15-30)21(13-20)26(27,28)29/h2-6,11,13,22H,7-10,12,14,16H2,1H3,(H2,31,35). The first-order chi connectivity index (χ1) is 16.5. The van der Waals surface area contributed by atoms with Gasteiger partial charge in [-0.25, -0.2) is 0 Å². The van der Waals surface area contributed by atoms with Crippen molar-refractivity contribution < 1.29 is 22.8 Å². The molecule has 0 bridgehead atoms. The van der Waals surface area contributed by atoms with E-state index in [2.05, 4.69) is 0 Å². The monoisotopic (exact) mass is 484 g/mol. The first-order valence-corrected chi connectivity index (χ1v) is 11.5. The minimum Gasteiger partial charge on any atom is -0.371 e. The lowest BCUT2D eigenvalue weighted by molar-refractivity contribution is -0.137. The number of aryl methyl sites for hydroxylation is 1. The molecule has 1 spiro atoms. The van der Waals surface area contributed by atoms with Gasteiger partial charge in [-0.05, 0) is 55.4 Å². The van der Waals surface area contributed by atoms with Gasteiger partial charge < -0.3 is 15.5 Å². The molecule has 4 rings (SSSR count). The number of benzene rings is 2. The van der Waals surface area contributed by atoms with E-state index in [1.165, 1.54) is 12.1 Å². The zero-order valence-corrected chi connectivity index (χ0v) is 19.4. The average molecular weight is 485 g/mol. The van der Waals surface area contributed by atoms with Crippen molar-refractivity contribution in [1.29, 1.82) is 5.26 Å². The normalized spacial score (nSPS) is 19.6. The van der Waals surface area contributed by atoms with E-state index in [0.717, 1.165) is 17.2 Å². The molecule has 2 aromatic carbocycles. The van der Waals surface area contributed by atoms with Crippen LogP contribution >= 0.6 is 0 Å². The number of nitrogens with zero attached hydrogens (tertiary/aromatic N) is 3. The molecule has 2 aliphatic rings. The van der Waals surface area contributed by atoms with Crippen molar-refractivity contribution in [3.63, 3.8) is 0 Å². The van der Waals surface area contributed by atoms with Crippen LogP contribution in [0.4, 0.5) is 18.9 Å². The molecule has 0 aliphatic carbocycles. The fourth-order valence-electron chi connectivity index (χ4n) is 5.33. The number of halogens is 3. The number of hydrogen-bond donors (Lipinski definition) is 1. The fourth-order valence-corrected chi connectivity index (χ4v) is 5.33. The van der Waals surface area contributed by atoms with E-state index in [4.69, 9.17) is 11.0 Å². The van der Waals surface area contributed by atoms with Crippen molar-refractivity contribution >= 4 is 17.5 Å². The van der Waals surface area contributed by atoms with E-state index < -0.39 is 29.3 Å². The molecule has 9 heteroatoms. The van der Waals surface area contributed by atoms with Crippen LogP contribution in [-0.2, 0) is 22.2 Å². The van der Waals surface area contributed by atoms with Crippen molar-refractivity contribution in [2.75, 3.05) is 24.5 Å². The number of primary amides is 1. The van der Waals surface area contributed by atoms with Crippen molar-refractivity contribution in [2.45, 2.75) is 44.8 Å². The third-order valence-electron chi connectivity index (χ3n) is 7.21. The lowest BCUT2D eigenvalue weighted by atomic mass is 9.76. The number of likely N-dealkylation sites (tertiary alicyclic amines) is 1. The lowest BCUT2D eigenvalue weighted by Crippen LogP contribution is -2.45. The zero-order chi connectivity index (χ0) is 25.4. The topological polar surface area (TPSA) is 90.4 Å². The summed E-state index contributed by atoms with van der Waals surface area (Å²) in [6, 6.07) is 12.3. The largest absolute Gasteiger partial charge is 0.417 e. The smallest absolute Gasteiger partial charge is 0.371 e. The summed E-state index contributed by atoms with van der Waals surface area (Å²) in [5, 5.41) is 9.03. The number of amides is 2. The molecule has 0 aromatic heterocycles. The number of carbonyl (C=O) groups is 2. The highest BCUT2D eigenvalue weighted by molar-refractivity contribution is 5.88. The Morgan fingerprint density at radius 3 is 2.49 bits per heavy atom. The van der Waals surface area contributed by atoms with E-state index in [0.29, 0.717) is 44.6 Å². The van der Waals surface area contributed by atoms with E-state index in [1.807, 2.05) is 36.1 Å². The summed E-state index contributed by atoms with van der Waals surface area (Å²) in [6.45, 7) is 3.31. The molecule has 2 aromatic rings. The number of nitriles is 1. The molecule has 2 fully saturated rings. The van der Waals surface area contributed by atoms with Crippen LogP contribution in [0.25, 0.3) is 0 Å². The van der Waals surface area contributed by atoms with Crippen LogP contribution in [0.3, 0.4) is 0 Å². The molecule has 2 N–H and O–H groups in total. The molecule has 184 valence electrons. The fraction of sp³-hybridized carbons (Fsp3) is 0.423. The molecule has 6 nitrogen and oxygen atoms in total. The minimum atomic E-state index is -4.61. The Kier molecular flexibility index (Phi) is 6.50. The van der Waals surface area contributed by atoms with Crippen molar-refractivity contribution in [3.8, 4) is 6.07 Å². The molecule has 2 heterocycles. The Morgan fingerprint density at radius 1 is 1.17 bits per heavy atom. The summed E-state index contributed by atoms with van der Waals surface area (Å²) in [7, 11) is 0. The summed E-state index contributed by atoms with van der Waals surface area (Å²) in [5.41, 5.74) is 6.32. The van der Waals surface area contributed by atoms with E-state index in [-0.39, 0.29) is 17.7 Å². The number of hydrogen-bond acceptors (Lipinski definition) is 4. The summed E-state index contributed by atoms with van der Waals surface area (Å²) in [6.07, 6.45) is -2.74. The number of piperidine rings is 1. The van der Waals surface area contributed by atoms with Crippen LogP contribution in [-0.4, -0.2) is 42.4 Å². The number of rotatable bonds is 4. The van der Waals surface area contributed by atoms with Crippen LogP contribution in [0.2, 0.25) is 0 Å². The van der Waals surface area contributed by atoms with Crippen LogP contribution in [0, 0.1) is 23.7 Å². The second kappa shape index (κ2) is 9.25. The average Bonchev–Trinajstić information content (AvgIpc) is 3.18. The summed E-state index contributed by atoms with van der Waals surface area (Å²) in [4.78, 5) is 28.8. The quantitative estimate of drug-likeness (QED) is 0.715. The molecule has 1 unspecified atom stereocenters. The first kappa shape index (κ1) is 24.6. The van der Waals surface area contributed by atoms with Gasteiger partial charge in [0.05, 0.1) is 23.6 Å². The SMILES string of the molecule is Cc1cccc(CC(=O)N2CC3(CCN(c4ccc(C#N)c(C(F)(F)F)c4)CC3)CC2C(N)=O)c1. The van der Waals surface area contributed by atoms with Gasteiger partial charge in [-0.3, -0.25) is 9.59 Å². The van der Waals surface area contributed by atoms with Gasteiger partial charge in [0.2, 0.25) is 11.8 Å². The Morgan fingerprint density at radius 2 is 1.89 bits per heavy atom. The Bertz CT molecular complexity index is 1180. The molecular formula is C26H27F3N4O2. The molecule has 1 atom stereocenters. The molecule has 2 aliphatic heterocycles. The van der Waals surface area contributed by atoms with Gasteiger partial charge in [0.1, 0.15) is 6.04 Å². The van der Waals surface area contributed by atoms with Crippen LogP contribution in [0.1, 0.15) is 41.5 Å². The highest BCUT2D eigenvalue weighted by Crippen LogP contribution is 2.45. The number of alkyl halides is 3. The van der Waals surface area contributed by atoms with Crippen LogP contribution < -0.4 is 10.6 Å². The van der Waals surface area contributed by atoms with Crippen LogP contribution in [0.5, 0.6) is 0 Å². The van der Waals surface area contributed by atoms with Gasteiger partial charge in [0.15, 0.2) is 0 Å². The third-order valence-corrected chi connectivity index (χ3v) is 7.21. The number of anilines is 1. The van der Waals surface area contributed by atoms with Gasteiger partial charge in [0.25, 0.3) is 0 Å². The highest BCUT2D eigenvalue weighted by atomic mass is 19.4. The summed E-state index contributed by atoms with van der Waals surface area (Å²) in [5.74, 6) is -0.690. The number of nitrogens with two attached hydrogens (primary N) is 1. The zero-order valence-electron chi connectivity index (χ0n) is 19.4. The maximum atomic E-state index is 13.4. The minimum absolute atomic E-state index is 0.152. The molecule has 2 amide bonds. The van der Waals surface area contributed by atoms with Gasteiger partial charge in [-0.2, -0.15) is 18.4 Å². The highest BCUT2D eigenvalue weighted by Gasteiger charge is 2.49. The van der Waals surface area contributed by atoms with Gasteiger partial charge in [0, 0.05) is 25.3 Å². The lowest BCUT2D eigenvalue weighted by Gasteiger charge is -2.40. The molecule has 0 saturated carbocycles. The molecular weight excluding hydrogens is 457 g/mol. The van der Waals surface area contributed by atoms with Gasteiger partial charge in [-0.1, -0.05) is 29.8 Å². The summed E-state index contributed by atoms with van der Waals surface area (Å²) >= 11 is 0. The first-order valence-electron chi connectivity index (χ1n) is 11.5. The van der Waals surface area contributed by atoms with Crippen molar-refractivity contribution in [1.82, 2.24) is 4.90 Å². The second-order valence-electron chi connectivity index (χ2n) is 9.64. The summed E-state index contributed by atoms with van der Waals surface area (Å²) < 4.78 is 40.2. The van der Waals surface area contributed by atoms with Gasteiger partial charge >= 0.3 is 6.18 Å². The predicted octanol–water partition coefficient (Wildman–Crippen LogP) is 3.80. The Labute approximate surface area is 202 Å². The van der Waals surface area contributed by atoms with Gasteiger partial charge in [-0.15, -0.1) is 0 Å². The van der Waals surface area contributed by atoms with Crippen LogP contribution in [0.15, 0.2) is 42.5 Å². The predicted molar refractivity (Wildman–Crippen MR) is 124 cm³/mol. The maximum absolute atomic E-state index is 13.4. The van der Waals surface area contributed by atoms with Crippen molar-refractivity contribution in [3.05, 3.63) is 64.7 Å².